The molecule has 1 aromatic rings. The molecular formula is C14H22N4O3S. The van der Waals surface area contributed by atoms with E-state index in [1.165, 1.54) is 11.3 Å². The van der Waals surface area contributed by atoms with Crippen LogP contribution in [0.1, 0.15) is 51.5 Å². The zero-order valence-electron chi connectivity index (χ0n) is 13.0. The first kappa shape index (κ1) is 16.7. The number of amides is 2. The molecule has 0 atom stereocenters. The van der Waals surface area contributed by atoms with Crippen LogP contribution in [0.4, 0.5) is 9.93 Å². The maximum Gasteiger partial charge on any atom is 0.321 e. The predicted molar refractivity (Wildman–Crippen MR) is 84.1 cm³/mol. The molecule has 0 aromatic carbocycles. The lowest BCUT2D eigenvalue weighted by Crippen LogP contribution is -2.40. The van der Waals surface area contributed by atoms with E-state index in [0.717, 1.165) is 5.01 Å². The van der Waals surface area contributed by atoms with E-state index >= 15 is 0 Å². The molecule has 0 bridgehead atoms. The fourth-order valence-electron chi connectivity index (χ4n) is 2.38. The van der Waals surface area contributed by atoms with E-state index in [4.69, 9.17) is 5.11 Å². The van der Waals surface area contributed by atoms with Crippen molar-refractivity contribution in [1.82, 2.24) is 15.5 Å². The van der Waals surface area contributed by atoms with Crippen molar-refractivity contribution in [3.05, 3.63) is 5.01 Å². The van der Waals surface area contributed by atoms with E-state index in [2.05, 4.69) is 20.8 Å². The van der Waals surface area contributed by atoms with Crippen molar-refractivity contribution in [2.24, 2.45) is 5.92 Å². The van der Waals surface area contributed by atoms with Crippen molar-refractivity contribution in [3.63, 3.8) is 0 Å². The summed E-state index contributed by atoms with van der Waals surface area (Å²) in [5, 5.41) is 23.9. The number of carbonyl (C=O) groups is 2. The topological polar surface area (TPSA) is 104 Å². The van der Waals surface area contributed by atoms with Crippen LogP contribution in [0.2, 0.25) is 0 Å². The molecule has 0 aliphatic heterocycles. The van der Waals surface area contributed by atoms with Gasteiger partial charge in [0.25, 0.3) is 0 Å². The molecule has 7 nitrogen and oxygen atoms in total. The molecule has 1 fully saturated rings. The van der Waals surface area contributed by atoms with Crippen LogP contribution in [-0.4, -0.2) is 33.3 Å². The van der Waals surface area contributed by atoms with E-state index in [0.29, 0.717) is 30.8 Å². The molecule has 1 aromatic heterocycles. The Balaban J connectivity index is 1.81. The maximum atomic E-state index is 12.0. The van der Waals surface area contributed by atoms with Gasteiger partial charge in [-0.3, -0.25) is 10.1 Å². The Hall–Kier alpha value is -1.70. The Kier molecular flexibility index (Phi) is 5.00. The molecule has 122 valence electrons. The van der Waals surface area contributed by atoms with Gasteiger partial charge >= 0.3 is 12.0 Å². The van der Waals surface area contributed by atoms with Crippen LogP contribution in [-0.2, 0) is 10.2 Å². The summed E-state index contributed by atoms with van der Waals surface area (Å²) >= 11 is 1.36. The highest BCUT2D eigenvalue weighted by atomic mass is 32.1. The van der Waals surface area contributed by atoms with E-state index < -0.39 is 5.97 Å². The number of aliphatic carboxylic acids is 1. The summed E-state index contributed by atoms with van der Waals surface area (Å²) in [6.07, 6.45) is 2.59. The van der Waals surface area contributed by atoms with Gasteiger partial charge in [-0.2, -0.15) is 0 Å². The lowest BCUT2D eigenvalue weighted by Gasteiger charge is -2.26. The van der Waals surface area contributed by atoms with Crippen LogP contribution in [0.25, 0.3) is 0 Å². The standard InChI is InChI=1S/C14H22N4O3S/c1-14(2,3)11-17-18-13(22-11)16-12(21)15-9-6-4-8(5-7-9)10(19)20/h8-9H,4-7H2,1-3H3,(H,19,20)(H2,15,16,18,21). The third-order valence-corrected chi connectivity index (χ3v) is 4.96. The smallest absolute Gasteiger partial charge is 0.321 e. The Labute approximate surface area is 133 Å². The van der Waals surface area contributed by atoms with Crippen molar-refractivity contribution in [2.75, 3.05) is 5.32 Å². The van der Waals surface area contributed by atoms with Crippen molar-refractivity contribution in [2.45, 2.75) is 57.9 Å². The Morgan fingerprint density at radius 2 is 1.82 bits per heavy atom. The third-order valence-electron chi connectivity index (χ3n) is 3.70. The molecule has 0 radical (unpaired) electrons. The second kappa shape index (κ2) is 6.60. The number of nitrogens with one attached hydrogen (secondary N) is 2. The summed E-state index contributed by atoms with van der Waals surface area (Å²) < 4.78 is 0. The van der Waals surface area contributed by atoms with Crippen LogP contribution >= 0.6 is 11.3 Å². The van der Waals surface area contributed by atoms with Crippen LogP contribution in [0, 0.1) is 5.92 Å². The number of rotatable bonds is 3. The van der Waals surface area contributed by atoms with Crippen molar-refractivity contribution >= 4 is 28.5 Å². The molecule has 0 unspecified atom stereocenters. The van der Waals surface area contributed by atoms with Gasteiger partial charge in [-0.15, -0.1) is 10.2 Å². The highest BCUT2D eigenvalue weighted by molar-refractivity contribution is 7.15. The monoisotopic (exact) mass is 326 g/mol. The molecule has 3 N–H and O–H groups in total. The van der Waals surface area contributed by atoms with Gasteiger partial charge < -0.3 is 10.4 Å². The molecule has 1 aliphatic carbocycles. The Morgan fingerprint density at radius 3 is 2.32 bits per heavy atom. The lowest BCUT2D eigenvalue weighted by molar-refractivity contribution is -0.142. The van der Waals surface area contributed by atoms with Gasteiger partial charge in [-0.1, -0.05) is 32.1 Å². The number of carboxylic acid groups (broad SMARTS) is 1. The van der Waals surface area contributed by atoms with E-state index in [9.17, 15) is 9.59 Å². The van der Waals surface area contributed by atoms with Gasteiger partial charge in [0.2, 0.25) is 5.13 Å². The number of carboxylic acids is 1. The highest BCUT2D eigenvalue weighted by Gasteiger charge is 2.27. The molecule has 2 amide bonds. The van der Waals surface area contributed by atoms with E-state index in [1.54, 1.807) is 0 Å². The fourth-order valence-corrected chi connectivity index (χ4v) is 3.18. The summed E-state index contributed by atoms with van der Waals surface area (Å²) in [7, 11) is 0. The number of urea groups is 1. The molecule has 8 heteroatoms. The lowest BCUT2D eigenvalue weighted by atomic mass is 9.86. The third kappa shape index (κ3) is 4.40. The van der Waals surface area contributed by atoms with E-state index in [-0.39, 0.29) is 23.4 Å². The Morgan fingerprint density at radius 1 is 1.18 bits per heavy atom. The summed E-state index contributed by atoms with van der Waals surface area (Å²) in [5.74, 6) is -1.02. The first-order chi connectivity index (χ1) is 10.3. The number of hydrogen-bond acceptors (Lipinski definition) is 5. The fraction of sp³-hybridized carbons (Fsp3) is 0.714. The summed E-state index contributed by atoms with van der Waals surface area (Å²) in [6.45, 7) is 6.12. The van der Waals surface area contributed by atoms with Gasteiger partial charge in [0.05, 0.1) is 5.92 Å². The minimum atomic E-state index is -0.744. The molecule has 0 spiro atoms. The number of nitrogens with zero attached hydrogens (tertiary/aromatic N) is 2. The van der Waals surface area contributed by atoms with Crippen molar-refractivity contribution < 1.29 is 14.7 Å². The number of hydrogen-bond donors (Lipinski definition) is 3. The van der Waals surface area contributed by atoms with Crippen molar-refractivity contribution in [3.8, 4) is 0 Å². The molecule has 1 heterocycles. The molecule has 2 rings (SSSR count). The largest absolute Gasteiger partial charge is 0.481 e. The van der Waals surface area contributed by atoms with Crippen molar-refractivity contribution in [1.29, 1.82) is 0 Å². The SMILES string of the molecule is CC(C)(C)c1nnc(NC(=O)NC2CCC(C(=O)O)CC2)s1. The summed E-state index contributed by atoms with van der Waals surface area (Å²) in [4.78, 5) is 22.8. The first-order valence-electron chi connectivity index (χ1n) is 7.40. The first-order valence-corrected chi connectivity index (χ1v) is 8.21. The van der Waals surface area contributed by atoms with Gasteiger partial charge in [-0.25, -0.2) is 4.79 Å². The van der Waals surface area contributed by atoms with Gasteiger partial charge in [-0.05, 0) is 25.7 Å². The summed E-state index contributed by atoms with van der Waals surface area (Å²) in [6, 6.07) is -0.291. The van der Waals surface area contributed by atoms with E-state index in [1.807, 2.05) is 20.8 Å². The number of carbonyl (C=O) groups excluding carboxylic acids is 1. The average molecular weight is 326 g/mol. The molecule has 1 aliphatic rings. The molecule has 22 heavy (non-hydrogen) atoms. The molecule has 1 saturated carbocycles. The summed E-state index contributed by atoms with van der Waals surface area (Å²) in [5.41, 5.74) is -0.0940. The zero-order chi connectivity index (χ0) is 16.3. The van der Waals surface area contributed by atoms with Gasteiger partial charge in [0.1, 0.15) is 5.01 Å². The molecule has 0 saturated heterocycles. The van der Waals surface area contributed by atoms with Crippen LogP contribution in [0.3, 0.4) is 0 Å². The van der Waals surface area contributed by atoms with Gasteiger partial charge in [0, 0.05) is 11.5 Å². The van der Waals surface area contributed by atoms with Gasteiger partial charge in [0.15, 0.2) is 0 Å². The minimum Gasteiger partial charge on any atom is -0.481 e. The Bertz CT molecular complexity index is 545. The quantitative estimate of drug-likeness (QED) is 0.792. The predicted octanol–water partition coefficient (Wildman–Crippen LogP) is 2.60. The zero-order valence-corrected chi connectivity index (χ0v) is 13.9. The van der Waals surface area contributed by atoms with Crippen LogP contribution in [0.15, 0.2) is 0 Å². The van der Waals surface area contributed by atoms with Crippen LogP contribution < -0.4 is 10.6 Å². The molecular weight excluding hydrogens is 304 g/mol. The maximum absolute atomic E-state index is 12.0. The second-order valence-electron chi connectivity index (χ2n) is 6.65. The number of aromatic nitrogens is 2. The van der Waals surface area contributed by atoms with Crippen LogP contribution in [0.5, 0.6) is 0 Å². The normalized spacial score (nSPS) is 22.1. The minimum absolute atomic E-state index is 0.0191. The average Bonchev–Trinajstić information content (AvgIpc) is 2.87. The second-order valence-corrected chi connectivity index (χ2v) is 7.63. The highest BCUT2D eigenvalue weighted by Crippen LogP contribution is 2.28. The number of anilines is 1.